The van der Waals surface area contributed by atoms with E-state index in [1.807, 2.05) is 31.2 Å². The lowest BCUT2D eigenvalue weighted by atomic mass is 10.1. The molecule has 6 nitrogen and oxygen atoms in total. The molecule has 1 aliphatic rings. The number of nitrogens with zero attached hydrogens (tertiary/aromatic N) is 3. The van der Waals surface area contributed by atoms with Crippen LogP contribution in [0.15, 0.2) is 52.0 Å². The molecule has 4 rings (SSSR count). The van der Waals surface area contributed by atoms with E-state index in [0.29, 0.717) is 11.9 Å². The summed E-state index contributed by atoms with van der Waals surface area (Å²) in [7, 11) is -3.29. The molecule has 1 saturated heterocycles. The van der Waals surface area contributed by atoms with E-state index in [1.165, 1.54) is 25.5 Å². The maximum Gasteiger partial charge on any atom is 0.226 e. The Morgan fingerprint density at radius 1 is 1.06 bits per heavy atom. The third kappa shape index (κ3) is 5.90. The maximum atomic E-state index is 11.6. The number of aromatic nitrogens is 2. The largest absolute Gasteiger partial charge is 0.441 e. The van der Waals surface area contributed by atoms with Crippen molar-refractivity contribution >= 4 is 34.7 Å². The molecule has 0 amide bonds. The van der Waals surface area contributed by atoms with Gasteiger partial charge in [0.25, 0.3) is 0 Å². The molecule has 0 saturated carbocycles. The van der Waals surface area contributed by atoms with Gasteiger partial charge in [-0.2, -0.15) is 0 Å². The second-order valence-corrected chi connectivity index (χ2v) is 10.00. The number of benzene rings is 1. The third-order valence-electron chi connectivity index (χ3n) is 5.80. The van der Waals surface area contributed by atoms with Crippen LogP contribution in [0.3, 0.4) is 0 Å². The first-order valence-electron chi connectivity index (χ1n) is 10.3. The zero-order chi connectivity index (χ0) is 21.3. The van der Waals surface area contributed by atoms with Crippen molar-refractivity contribution in [3.8, 4) is 22.6 Å². The standard InChI is InChI=1S/C23H27N3O3S.2ClH/c1-16-5-4-13-26(16)14-12-21-17(2)29-23(25-21)19-8-6-18(7-9-19)20-10-11-22(24-15-20)30(3,27)28;;/h6-11,15-16H,4-5,12-14H2,1-3H3;2*1H. The Bertz CT molecular complexity index is 1130. The lowest BCUT2D eigenvalue weighted by Gasteiger charge is -2.20. The first kappa shape index (κ1) is 26.3. The maximum absolute atomic E-state index is 11.6. The van der Waals surface area contributed by atoms with Crippen molar-refractivity contribution in [3.63, 3.8) is 0 Å². The van der Waals surface area contributed by atoms with Gasteiger partial charge in [-0.25, -0.2) is 18.4 Å². The van der Waals surface area contributed by atoms with E-state index in [0.717, 1.165) is 47.4 Å². The minimum atomic E-state index is -3.29. The van der Waals surface area contributed by atoms with Gasteiger partial charge in [0.1, 0.15) is 5.76 Å². The Kier molecular flexibility index (Phi) is 8.88. The Balaban J connectivity index is 0.00000181. The number of aryl methyl sites for hydroxylation is 1. The second kappa shape index (κ2) is 10.8. The van der Waals surface area contributed by atoms with Crippen molar-refractivity contribution in [1.29, 1.82) is 0 Å². The number of likely N-dealkylation sites (tertiary alicyclic amines) is 1. The van der Waals surface area contributed by atoms with Gasteiger partial charge < -0.3 is 9.32 Å². The molecule has 1 atom stereocenters. The van der Waals surface area contributed by atoms with Gasteiger partial charge in [-0.15, -0.1) is 24.8 Å². The summed E-state index contributed by atoms with van der Waals surface area (Å²) in [6, 6.07) is 11.8. The van der Waals surface area contributed by atoms with E-state index >= 15 is 0 Å². The number of halogens is 2. The lowest BCUT2D eigenvalue weighted by Crippen LogP contribution is -2.29. The van der Waals surface area contributed by atoms with Crippen molar-refractivity contribution in [2.24, 2.45) is 0 Å². The molecule has 174 valence electrons. The lowest BCUT2D eigenvalue weighted by molar-refractivity contribution is 0.271. The topological polar surface area (TPSA) is 76.3 Å². The first-order chi connectivity index (χ1) is 14.3. The number of sulfone groups is 1. The highest BCUT2D eigenvalue weighted by atomic mass is 35.5. The fraction of sp³-hybridized carbons (Fsp3) is 0.391. The van der Waals surface area contributed by atoms with Crippen LogP contribution in [0.1, 0.15) is 31.2 Å². The van der Waals surface area contributed by atoms with E-state index in [2.05, 4.69) is 16.8 Å². The molecule has 9 heteroatoms. The second-order valence-electron chi connectivity index (χ2n) is 8.03. The monoisotopic (exact) mass is 497 g/mol. The normalized spacial score (nSPS) is 16.4. The SMILES string of the molecule is Cc1oc(-c2ccc(-c3ccc(S(C)(=O)=O)nc3)cc2)nc1CCN1CCCC1C.Cl.Cl. The van der Waals surface area contributed by atoms with Crippen molar-refractivity contribution < 1.29 is 12.8 Å². The smallest absolute Gasteiger partial charge is 0.226 e. The van der Waals surface area contributed by atoms with Crippen LogP contribution in [-0.4, -0.2) is 48.7 Å². The first-order valence-corrected chi connectivity index (χ1v) is 12.2. The van der Waals surface area contributed by atoms with Gasteiger partial charge in [0, 0.05) is 42.6 Å². The number of hydrogen-bond donors (Lipinski definition) is 0. The summed E-state index contributed by atoms with van der Waals surface area (Å²) in [5, 5.41) is 0.0778. The number of rotatable bonds is 6. The summed E-state index contributed by atoms with van der Waals surface area (Å²) in [4.78, 5) is 11.3. The van der Waals surface area contributed by atoms with Crippen molar-refractivity contribution in [3.05, 3.63) is 54.0 Å². The molecule has 1 unspecified atom stereocenters. The molecule has 3 heterocycles. The Hall–Kier alpha value is -1.93. The predicted molar refractivity (Wildman–Crippen MR) is 131 cm³/mol. The third-order valence-corrected chi connectivity index (χ3v) is 6.80. The number of oxazole rings is 1. The summed E-state index contributed by atoms with van der Waals surface area (Å²) >= 11 is 0. The molecule has 0 N–H and O–H groups in total. The van der Waals surface area contributed by atoms with E-state index in [1.54, 1.807) is 12.3 Å². The minimum Gasteiger partial charge on any atom is -0.441 e. The van der Waals surface area contributed by atoms with Crippen LogP contribution in [0.4, 0.5) is 0 Å². The van der Waals surface area contributed by atoms with Crippen LogP contribution in [0.5, 0.6) is 0 Å². The van der Waals surface area contributed by atoms with Gasteiger partial charge in [-0.3, -0.25) is 0 Å². The van der Waals surface area contributed by atoms with Crippen molar-refractivity contribution in [2.75, 3.05) is 19.3 Å². The van der Waals surface area contributed by atoms with Gasteiger partial charge in [-0.1, -0.05) is 12.1 Å². The molecular formula is C23H29Cl2N3O3S. The number of hydrogen-bond acceptors (Lipinski definition) is 6. The summed E-state index contributed by atoms with van der Waals surface area (Å²) in [5.74, 6) is 1.51. The van der Waals surface area contributed by atoms with Crippen molar-refractivity contribution in [1.82, 2.24) is 14.9 Å². The van der Waals surface area contributed by atoms with E-state index in [-0.39, 0.29) is 29.8 Å². The van der Waals surface area contributed by atoms with Gasteiger partial charge in [0.15, 0.2) is 14.9 Å². The summed E-state index contributed by atoms with van der Waals surface area (Å²) in [6.45, 7) is 6.46. The van der Waals surface area contributed by atoms with Crippen LogP contribution in [0.25, 0.3) is 22.6 Å². The fourth-order valence-electron chi connectivity index (χ4n) is 3.93. The molecule has 32 heavy (non-hydrogen) atoms. The molecule has 1 fully saturated rings. The van der Waals surface area contributed by atoms with Gasteiger partial charge >= 0.3 is 0 Å². The molecular weight excluding hydrogens is 469 g/mol. The summed E-state index contributed by atoms with van der Waals surface area (Å²) < 4.78 is 29.1. The van der Waals surface area contributed by atoms with Crippen LogP contribution < -0.4 is 0 Å². The Morgan fingerprint density at radius 3 is 2.28 bits per heavy atom. The van der Waals surface area contributed by atoms with Gasteiger partial charge in [0.2, 0.25) is 5.89 Å². The Labute approximate surface area is 202 Å². The molecule has 3 aromatic rings. The highest BCUT2D eigenvalue weighted by molar-refractivity contribution is 7.90. The molecule has 1 aromatic carbocycles. The molecule has 0 spiro atoms. The molecule has 2 aromatic heterocycles. The summed E-state index contributed by atoms with van der Waals surface area (Å²) in [5.41, 5.74) is 3.76. The zero-order valence-electron chi connectivity index (χ0n) is 18.4. The average Bonchev–Trinajstić information content (AvgIpc) is 3.31. The van der Waals surface area contributed by atoms with Crippen LogP contribution >= 0.6 is 24.8 Å². The fourth-order valence-corrected chi connectivity index (χ4v) is 4.49. The van der Waals surface area contributed by atoms with E-state index < -0.39 is 9.84 Å². The highest BCUT2D eigenvalue weighted by Gasteiger charge is 2.21. The zero-order valence-corrected chi connectivity index (χ0v) is 20.9. The molecule has 0 bridgehead atoms. The van der Waals surface area contributed by atoms with E-state index in [4.69, 9.17) is 9.40 Å². The average molecular weight is 498 g/mol. The molecule has 0 aliphatic carbocycles. The molecule has 0 radical (unpaired) electrons. The molecule has 1 aliphatic heterocycles. The van der Waals surface area contributed by atoms with Gasteiger partial charge in [-0.05, 0) is 63.1 Å². The van der Waals surface area contributed by atoms with Crippen molar-refractivity contribution in [2.45, 2.75) is 44.2 Å². The number of pyridine rings is 1. The predicted octanol–water partition coefficient (Wildman–Crippen LogP) is 4.99. The van der Waals surface area contributed by atoms with Crippen LogP contribution in [-0.2, 0) is 16.3 Å². The summed E-state index contributed by atoms with van der Waals surface area (Å²) in [6.07, 6.45) is 6.20. The van der Waals surface area contributed by atoms with E-state index in [9.17, 15) is 8.42 Å². The van der Waals surface area contributed by atoms with Crippen LogP contribution in [0, 0.1) is 6.92 Å². The van der Waals surface area contributed by atoms with Gasteiger partial charge in [0.05, 0.1) is 5.69 Å². The Morgan fingerprint density at radius 2 is 1.72 bits per heavy atom. The minimum absolute atomic E-state index is 0. The quantitative estimate of drug-likeness (QED) is 0.477. The van der Waals surface area contributed by atoms with Crippen LogP contribution in [0.2, 0.25) is 0 Å². The highest BCUT2D eigenvalue weighted by Crippen LogP contribution is 2.27.